The molecule has 0 radical (unpaired) electrons. The average molecular weight is 354 g/mol. The summed E-state index contributed by atoms with van der Waals surface area (Å²) in [5.74, 6) is -2.09. The molecule has 0 fully saturated rings. The Balaban J connectivity index is 2.27. The van der Waals surface area contributed by atoms with Gasteiger partial charge in [-0.3, -0.25) is 0 Å². The van der Waals surface area contributed by atoms with Crippen LogP contribution in [0.25, 0.3) is 0 Å². The van der Waals surface area contributed by atoms with Gasteiger partial charge in [0.25, 0.3) is 0 Å². The Morgan fingerprint density at radius 1 is 0.923 bits per heavy atom. The molecule has 0 saturated carbocycles. The predicted molar refractivity (Wildman–Crippen MR) is 91.7 cm³/mol. The SMILES string of the molecule is COC(=O)C1=C(C(=O)OC)[C@@](O)(c2ccccc2)[C@@H](c2ccccc2)O1. The second-order valence-corrected chi connectivity index (χ2v) is 5.73. The summed E-state index contributed by atoms with van der Waals surface area (Å²) >= 11 is 0. The number of carbonyl (C=O) groups excluding carboxylic acids is 2. The van der Waals surface area contributed by atoms with Crippen LogP contribution in [0, 0.1) is 0 Å². The molecular weight excluding hydrogens is 336 g/mol. The largest absolute Gasteiger partial charge is 0.474 e. The van der Waals surface area contributed by atoms with Crippen molar-refractivity contribution in [1.82, 2.24) is 0 Å². The van der Waals surface area contributed by atoms with Gasteiger partial charge in [-0.2, -0.15) is 0 Å². The minimum Gasteiger partial charge on any atom is -0.474 e. The lowest BCUT2D eigenvalue weighted by atomic mass is 9.79. The van der Waals surface area contributed by atoms with Crippen molar-refractivity contribution in [2.24, 2.45) is 0 Å². The van der Waals surface area contributed by atoms with Gasteiger partial charge in [0.05, 0.1) is 14.2 Å². The molecular formula is C20H18O6. The highest BCUT2D eigenvalue weighted by Crippen LogP contribution is 2.51. The van der Waals surface area contributed by atoms with Gasteiger partial charge in [-0.25, -0.2) is 9.59 Å². The fourth-order valence-electron chi connectivity index (χ4n) is 3.08. The maximum atomic E-state index is 12.5. The number of rotatable bonds is 4. The molecule has 2 aromatic carbocycles. The fourth-order valence-corrected chi connectivity index (χ4v) is 3.08. The van der Waals surface area contributed by atoms with E-state index in [1.807, 2.05) is 6.07 Å². The van der Waals surface area contributed by atoms with Crippen molar-refractivity contribution in [3.63, 3.8) is 0 Å². The second-order valence-electron chi connectivity index (χ2n) is 5.73. The van der Waals surface area contributed by atoms with Crippen LogP contribution in [-0.2, 0) is 29.4 Å². The van der Waals surface area contributed by atoms with E-state index in [9.17, 15) is 14.7 Å². The maximum absolute atomic E-state index is 12.5. The summed E-state index contributed by atoms with van der Waals surface area (Å²) in [7, 11) is 2.34. The van der Waals surface area contributed by atoms with Gasteiger partial charge in [0, 0.05) is 0 Å². The first-order valence-electron chi connectivity index (χ1n) is 7.95. The van der Waals surface area contributed by atoms with Crippen LogP contribution in [0.4, 0.5) is 0 Å². The summed E-state index contributed by atoms with van der Waals surface area (Å²) in [6, 6.07) is 17.4. The highest BCUT2D eigenvalue weighted by Gasteiger charge is 2.56. The Kier molecular flexibility index (Phi) is 4.77. The van der Waals surface area contributed by atoms with Crippen molar-refractivity contribution >= 4 is 11.9 Å². The minimum atomic E-state index is -1.92. The molecule has 26 heavy (non-hydrogen) atoms. The van der Waals surface area contributed by atoms with Crippen LogP contribution in [0.2, 0.25) is 0 Å². The molecule has 1 N–H and O–H groups in total. The number of hydrogen-bond donors (Lipinski definition) is 1. The molecule has 6 nitrogen and oxygen atoms in total. The number of ether oxygens (including phenoxy) is 3. The summed E-state index contributed by atoms with van der Waals surface area (Å²) in [4.78, 5) is 24.7. The number of hydrogen-bond acceptors (Lipinski definition) is 6. The van der Waals surface area contributed by atoms with E-state index in [-0.39, 0.29) is 11.3 Å². The second kappa shape index (κ2) is 7.01. The molecule has 134 valence electrons. The van der Waals surface area contributed by atoms with Crippen LogP contribution < -0.4 is 0 Å². The van der Waals surface area contributed by atoms with Crippen LogP contribution >= 0.6 is 0 Å². The molecule has 0 unspecified atom stereocenters. The molecule has 1 aliphatic heterocycles. The molecule has 0 saturated heterocycles. The Labute approximate surface area is 150 Å². The molecule has 6 heteroatoms. The molecule has 0 spiro atoms. The number of benzene rings is 2. The standard InChI is InChI=1S/C20H18O6/c1-24-18(21)15-16(19(22)25-2)26-17(13-9-5-3-6-10-13)20(15,23)14-11-7-4-8-12-14/h3-12,17,23H,1-2H3/t17-,20+/m1/s1. The van der Waals surface area contributed by atoms with Crippen molar-refractivity contribution < 1.29 is 28.9 Å². The zero-order valence-electron chi connectivity index (χ0n) is 14.3. The lowest BCUT2D eigenvalue weighted by Crippen LogP contribution is -2.36. The Hall–Kier alpha value is -3.12. The molecule has 2 atom stereocenters. The topological polar surface area (TPSA) is 82.1 Å². The average Bonchev–Trinajstić information content (AvgIpc) is 3.02. The smallest absolute Gasteiger partial charge is 0.374 e. The number of carbonyl (C=O) groups is 2. The molecule has 0 bridgehead atoms. The predicted octanol–water partition coefficient (Wildman–Crippen LogP) is 2.25. The van der Waals surface area contributed by atoms with E-state index in [1.165, 1.54) is 14.2 Å². The molecule has 1 heterocycles. The van der Waals surface area contributed by atoms with Gasteiger partial charge in [-0.1, -0.05) is 60.7 Å². The van der Waals surface area contributed by atoms with Gasteiger partial charge < -0.3 is 19.3 Å². The first kappa shape index (κ1) is 17.7. The Morgan fingerprint density at radius 2 is 1.46 bits per heavy atom. The molecule has 2 aromatic rings. The summed E-state index contributed by atoms with van der Waals surface area (Å²) in [6.45, 7) is 0. The normalized spacial score (nSPS) is 21.9. The van der Waals surface area contributed by atoms with Crippen molar-refractivity contribution in [2.45, 2.75) is 11.7 Å². The van der Waals surface area contributed by atoms with Crippen molar-refractivity contribution in [3.05, 3.63) is 83.1 Å². The zero-order chi connectivity index (χ0) is 18.7. The van der Waals surface area contributed by atoms with Crippen molar-refractivity contribution in [1.29, 1.82) is 0 Å². The molecule has 3 rings (SSSR count). The van der Waals surface area contributed by atoms with Gasteiger partial charge >= 0.3 is 11.9 Å². The quantitative estimate of drug-likeness (QED) is 0.848. The third kappa shape index (κ3) is 2.74. The summed E-state index contributed by atoms with van der Waals surface area (Å²) < 4.78 is 15.3. The van der Waals surface area contributed by atoms with E-state index in [2.05, 4.69) is 0 Å². The first-order valence-corrected chi connectivity index (χ1v) is 7.95. The Bertz CT molecular complexity index is 843. The number of esters is 2. The van der Waals surface area contributed by atoms with Crippen LogP contribution in [0.1, 0.15) is 17.2 Å². The molecule has 0 amide bonds. The number of aliphatic hydroxyl groups is 1. The zero-order valence-corrected chi connectivity index (χ0v) is 14.3. The third-order valence-electron chi connectivity index (χ3n) is 4.30. The summed E-state index contributed by atoms with van der Waals surface area (Å²) in [6.07, 6.45) is -1.02. The van der Waals surface area contributed by atoms with Gasteiger partial charge in [0.15, 0.2) is 11.7 Å². The van der Waals surface area contributed by atoms with Crippen LogP contribution in [0.5, 0.6) is 0 Å². The van der Waals surface area contributed by atoms with E-state index in [0.29, 0.717) is 11.1 Å². The monoisotopic (exact) mass is 354 g/mol. The molecule has 0 aliphatic carbocycles. The van der Waals surface area contributed by atoms with E-state index in [0.717, 1.165) is 0 Å². The lowest BCUT2D eigenvalue weighted by molar-refractivity contribution is -0.142. The highest BCUT2D eigenvalue weighted by molar-refractivity contribution is 6.01. The van der Waals surface area contributed by atoms with Crippen LogP contribution in [0.15, 0.2) is 72.0 Å². The first-order chi connectivity index (χ1) is 12.5. The van der Waals surface area contributed by atoms with E-state index in [4.69, 9.17) is 14.2 Å². The van der Waals surface area contributed by atoms with Gasteiger partial charge in [-0.05, 0) is 11.1 Å². The van der Waals surface area contributed by atoms with Crippen molar-refractivity contribution in [2.75, 3.05) is 14.2 Å². The van der Waals surface area contributed by atoms with E-state index in [1.54, 1.807) is 54.6 Å². The lowest BCUT2D eigenvalue weighted by Gasteiger charge is -2.30. The third-order valence-corrected chi connectivity index (χ3v) is 4.30. The molecule has 0 aromatic heterocycles. The van der Waals surface area contributed by atoms with Gasteiger partial charge in [0.1, 0.15) is 5.57 Å². The van der Waals surface area contributed by atoms with Gasteiger partial charge in [-0.15, -0.1) is 0 Å². The minimum absolute atomic E-state index is 0.285. The summed E-state index contributed by atoms with van der Waals surface area (Å²) in [5, 5.41) is 11.7. The van der Waals surface area contributed by atoms with Gasteiger partial charge in [0.2, 0.25) is 5.76 Å². The van der Waals surface area contributed by atoms with E-state index < -0.39 is 23.6 Å². The maximum Gasteiger partial charge on any atom is 0.374 e. The molecule has 1 aliphatic rings. The van der Waals surface area contributed by atoms with Crippen LogP contribution in [0.3, 0.4) is 0 Å². The summed E-state index contributed by atoms with van der Waals surface area (Å²) in [5.41, 5.74) is -1.21. The van der Waals surface area contributed by atoms with Crippen LogP contribution in [-0.4, -0.2) is 31.3 Å². The van der Waals surface area contributed by atoms with E-state index >= 15 is 0 Å². The fraction of sp³-hybridized carbons (Fsp3) is 0.200. The number of methoxy groups -OCH3 is 2. The highest BCUT2D eigenvalue weighted by atomic mass is 16.6. The Morgan fingerprint density at radius 3 is 2.00 bits per heavy atom. The van der Waals surface area contributed by atoms with Crippen molar-refractivity contribution in [3.8, 4) is 0 Å².